The van der Waals surface area contributed by atoms with Crippen molar-refractivity contribution in [3.63, 3.8) is 0 Å². The lowest BCUT2D eigenvalue weighted by Crippen LogP contribution is -2.31. The zero-order valence-electron chi connectivity index (χ0n) is 15.9. The van der Waals surface area contributed by atoms with E-state index in [1.165, 1.54) is 0 Å². The number of methoxy groups -OCH3 is 1. The number of hydrogen-bond acceptors (Lipinski definition) is 5. The van der Waals surface area contributed by atoms with E-state index in [4.69, 9.17) is 9.47 Å². The van der Waals surface area contributed by atoms with Crippen molar-refractivity contribution in [2.24, 2.45) is 0 Å². The number of hydrogen-bond donors (Lipinski definition) is 1. The number of H-pyrrole nitrogens is 1. The van der Waals surface area contributed by atoms with Crippen molar-refractivity contribution in [1.29, 1.82) is 0 Å². The van der Waals surface area contributed by atoms with E-state index in [0.717, 1.165) is 23.4 Å². The van der Waals surface area contributed by atoms with E-state index in [1.54, 1.807) is 18.1 Å². The summed E-state index contributed by atoms with van der Waals surface area (Å²) in [4.78, 5) is 19.0. The number of nitrogens with one attached hydrogen (secondary N) is 1. The van der Waals surface area contributed by atoms with Gasteiger partial charge in [0.25, 0.3) is 5.91 Å². The maximum absolute atomic E-state index is 12.8. The van der Waals surface area contributed by atoms with E-state index in [1.807, 2.05) is 49.4 Å². The fourth-order valence-corrected chi connectivity index (χ4v) is 3.30. The molecule has 1 N–H and O–H groups in total. The Morgan fingerprint density at radius 2 is 2.07 bits per heavy atom. The Morgan fingerprint density at radius 3 is 2.89 bits per heavy atom. The van der Waals surface area contributed by atoms with Gasteiger partial charge in [0, 0.05) is 30.3 Å². The molecule has 7 heteroatoms. The van der Waals surface area contributed by atoms with E-state index in [0.29, 0.717) is 30.4 Å². The van der Waals surface area contributed by atoms with Crippen molar-refractivity contribution >= 4 is 5.91 Å². The quantitative estimate of drug-likeness (QED) is 0.738. The molecule has 4 rings (SSSR count). The molecule has 0 saturated carbocycles. The number of amides is 1. The largest absolute Gasteiger partial charge is 0.497 e. The summed E-state index contributed by atoms with van der Waals surface area (Å²) in [5.74, 6) is 1.27. The minimum absolute atomic E-state index is 0.0565. The molecular formula is C21H22N4O3. The molecule has 0 radical (unpaired) electrons. The highest BCUT2D eigenvalue weighted by Gasteiger charge is 2.29. The van der Waals surface area contributed by atoms with Crippen LogP contribution in [0.5, 0.6) is 11.6 Å². The first-order valence-electron chi connectivity index (χ1n) is 9.22. The molecule has 1 aromatic carbocycles. The first-order valence-corrected chi connectivity index (χ1v) is 9.22. The molecule has 28 heavy (non-hydrogen) atoms. The van der Waals surface area contributed by atoms with Gasteiger partial charge in [-0.3, -0.25) is 9.89 Å². The average molecular weight is 378 g/mol. The fraction of sp³-hybridized carbons (Fsp3) is 0.286. The second kappa shape index (κ2) is 7.72. The normalized spacial score (nSPS) is 16.2. The van der Waals surface area contributed by atoms with Crippen LogP contribution in [0, 0.1) is 6.92 Å². The van der Waals surface area contributed by atoms with Gasteiger partial charge in [-0.2, -0.15) is 5.10 Å². The number of aryl methyl sites for hydroxylation is 1. The Kier molecular flexibility index (Phi) is 4.97. The third kappa shape index (κ3) is 3.83. The summed E-state index contributed by atoms with van der Waals surface area (Å²) in [7, 11) is 1.62. The molecule has 7 nitrogen and oxygen atoms in total. The molecule has 1 fully saturated rings. The molecule has 2 aromatic heterocycles. The van der Waals surface area contributed by atoms with E-state index >= 15 is 0 Å². The molecule has 144 valence electrons. The zero-order chi connectivity index (χ0) is 19.5. The van der Waals surface area contributed by atoms with Crippen molar-refractivity contribution in [2.45, 2.75) is 19.4 Å². The minimum atomic E-state index is -0.0788. The summed E-state index contributed by atoms with van der Waals surface area (Å²) < 4.78 is 11.2. The lowest BCUT2D eigenvalue weighted by Gasteiger charge is -2.16. The van der Waals surface area contributed by atoms with Gasteiger partial charge >= 0.3 is 0 Å². The van der Waals surface area contributed by atoms with Crippen LogP contribution in [0.15, 0.2) is 48.5 Å². The van der Waals surface area contributed by atoms with Gasteiger partial charge in [0.2, 0.25) is 5.88 Å². The van der Waals surface area contributed by atoms with Crippen LogP contribution in [-0.4, -0.2) is 52.3 Å². The number of pyridine rings is 1. The molecule has 0 bridgehead atoms. The van der Waals surface area contributed by atoms with Crippen molar-refractivity contribution in [3.8, 4) is 22.9 Å². The van der Waals surface area contributed by atoms with E-state index < -0.39 is 0 Å². The van der Waals surface area contributed by atoms with Crippen molar-refractivity contribution in [3.05, 3.63) is 59.9 Å². The van der Waals surface area contributed by atoms with Crippen LogP contribution >= 0.6 is 0 Å². The van der Waals surface area contributed by atoms with Crippen LogP contribution in [0.3, 0.4) is 0 Å². The molecule has 3 aromatic rings. The van der Waals surface area contributed by atoms with Gasteiger partial charge in [-0.25, -0.2) is 4.98 Å². The molecule has 1 amide bonds. The van der Waals surface area contributed by atoms with Gasteiger partial charge in [-0.05, 0) is 31.2 Å². The second-order valence-corrected chi connectivity index (χ2v) is 6.80. The molecule has 1 atom stereocenters. The Bertz CT molecular complexity index is 985. The number of likely N-dealkylation sites (tertiary alicyclic amines) is 1. The number of rotatable bonds is 5. The number of carbonyl (C=O) groups excluding carboxylic acids is 1. The smallest absolute Gasteiger partial charge is 0.272 e. The van der Waals surface area contributed by atoms with E-state index in [9.17, 15) is 4.79 Å². The maximum Gasteiger partial charge on any atom is 0.272 e. The van der Waals surface area contributed by atoms with Crippen LogP contribution in [0.4, 0.5) is 0 Å². The SMILES string of the molecule is COc1cccc(-c2cc(C(=O)N3CCC(Oc4cccc(C)n4)C3)[nH]n2)c1. The molecule has 0 aliphatic carbocycles. The fourth-order valence-electron chi connectivity index (χ4n) is 3.30. The summed E-state index contributed by atoms with van der Waals surface area (Å²) >= 11 is 0. The van der Waals surface area contributed by atoms with Gasteiger partial charge < -0.3 is 14.4 Å². The summed E-state index contributed by atoms with van der Waals surface area (Å²) in [6.45, 7) is 3.10. The minimum Gasteiger partial charge on any atom is -0.497 e. The number of benzene rings is 1. The third-order valence-electron chi connectivity index (χ3n) is 4.76. The van der Waals surface area contributed by atoms with Crippen LogP contribution in [0.1, 0.15) is 22.6 Å². The summed E-state index contributed by atoms with van der Waals surface area (Å²) in [5.41, 5.74) is 2.97. The Hall–Kier alpha value is -3.35. The topological polar surface area (TPSA) is 80.3 Å². The Morgan fingerprint density at radius 1 is 1.21 bits per heavy atom. The average Bonchev–Trinajstić information content (AvgIpc) is 3.37. The second-order valence-electron chi connectivity index (χ2n) is 6.80. The standard InChI is InChI=1S/C21H22N4O3/c1-14-5-3-8-20(22-14)28-17-9-10-25(13-17)21(26)19-12-18(23-24-19)15-6-4-7-16(11-15)27-2/h3-8,11-12,17H,9-10,13H2,1-2H3,(H,23,24). The predicted octanol–water partition coefficient (Wildman–Crippen LogP) is 3.08. The highest BCUT2D eigenvalue weighted by Crippen LogP contribution is 2.24. The predicted molar refractivity (Wildman–Crippen MR) is 104 cm³/mol. The van der Waals surface area contributed by atoms with Gasteiger partial charge in [-0.1, -0.05) is 18.2 Å². The van der Waals surface area contributed by atoms with Crippen LogP contribution in [0.25, 0.3) is 11.3 Å². The molecule has 0 spiro atoms. The highest BCUT2D eigenvalue weighted by molar-refractivity contribution is 5.93. The summed E-state index contributed by atoms with van der Waals surface area (Å²) in [6.07, 6.45) is 0.720. The molecular weight excluding hydrogens is 356 g/mol. The number of ether oxygens (including phenoxy) is 2. The van der Waals surface area contributed by atoms with E-state index in [2.05, 4.69) is 15.2 Å². The first-order chi connectivity index (χ1) is 13.6. The van der Waals surface area contributed by atoms with Crippen molar-refractivity contribution in [1.82, 2.24) is 20.1 Å². The summed E-state index contributed by atoms with van der Waals surface area (Å²) in [5, 5.41) is 7.14. The molecule has 1 aliphatic rings. The van der Waals surface area contributed by atoms with Gasteiger partial charge in [0.05, 0.1) is 19.3 Å². The zero-order valence-corrected chi connectivity index (χ0v) is 15.9. The van der Waals surface area contributed by atoms with Gasteiger partial charge in [-0.15, -0.1) is 0 Å². The third-order valence-corrected chi connectivity index (χ3v) is 4.76. The van der Waals surface area contributed by atoms with Gasteiger partial charge in [0.1, 0.15) is 17.5 Å². The molecule has 1 saturated heterocycles. The van der Waals surface area contributed by atoms with Gasteiger partial charge in [0.15, 0.2) is 0 Å². The number of aromatic nitrogens is 3. The summed E-state index contributed by atoms with van der Waals surface area (Å²) in [6, 6.07) is 15.0. The number of carbonyl (C=O) groups is 1. The first kappa shape index (κ1) is 18.0. The monoisotopic (exact) mass is 378 g/mol. The van der Waals surface area contributed by atoms with Crippen molar-refractivity contribution < 1.29 is 14.3 Å². The molecule has 1 unspecified atom stereocenters. The number of nitrogens with zero attached hydrogens (tertiary/aromatic N) is 3. The molecule has 3 heterocycles. The highest BCUT2D eigenvalue weighted by atomic mass is 16.5. The number of aromatic amines is 1. The van der Waals surface area contributed by atoms with Crippen molar-refractivity contribution in [2.75, 3.05) is 20.2 Å². The lowest BCUT2D eigenvalue weighted by molar-refractivity contribution is 0.0765. The van der Waals surface area contributed by atoms with E-state index in [-0.39, 0.29) is 12.0 Å². The van der Waals surface area contributed by atoms with Crippen LogP contribution < -0.4 is 9.47 Å². The Balaban J connectivity index is 1.42. The maximum atomic E-state index is 12.8. The Labute approximate surface area is 163 Å². The van der Waals surface area contributed by atoms with Crippen LogP contribution in [-0.2, 0) is 0 Å². The van der Waals surface area contributed by atoms with Crippen LogP contribution in [0.2, 0.25) is 0 Å². The molecule has 1 aliphatic heterocycles. The lowest BCUT2D eigenvalue weighted by atomic mass is 10.1.